The molecule has 0 fully saturated rings. The molecule has 4 rings (SSSR count). The predicted octanol–water partition coefficient (Wildman–Crippen LogP) is 3.35. The maximum atomic E-state index is 12.6. The van der Waals surface area contributed by atoms with Crippen LogP contribution in [0.25, 0.3) is 16.9 Å². The Morgan fingerprint density at radius 1 is 1.06 bits per heavy atom. The van der Waals surface area contributed by atoms with Gasteiger partial charge in [-0.2, -0.15) is 5.10 Å². The van der Waals surface area contributed by atoms with E-state index in [1.165, 1.54) is 7.11 Å². The second-order valence-corrected chi connectivity index (χ2v) is 7.00. The largest absolute Gasteiger partial charge is 0.497 e. The summed E-state index contributed by atoms with van der Waals surface area (Å²) in [6, 6.07) is 15.9. The molecule has 1 aliphatic heterocycles. The summed E-state index contributed by atoms with van der Waals surface area (Å²) in [6.45, 7) is 1.67. The molecular formula is C23H22N4O4. The number of nitrogens with one attached hydrogen (secondary N) is 2. The average molecular weight is 418 g/mol. The summed E-state index contributed by atoms with van der Waals surface area (Å²) in [5.74, 6) is 0.192. The van der Waals surface area contributed by atoms with E-state index in [4.69, 9.17) is 14.6 Å². The highest BCUT2D eigenvalue weighted by Gasteiger charge is 2.35. The molecule has 3 aromatic rings. The van der Waals surface area contributed by atoms with Crippen LogP contribution in [0.1, 0.15) is 18.5 Å². The first kappa shape index (κ1) is 20.2. The van der Waals surface area contributed by atoms with Crippen LogP contribution in [0.2, 0.25) is 0 Å². The molecule has 2 aromatic carbocycles. The number of urea groups is 1. The number of benzene rings is 2. The number of para-hydroxylation sites is 1. The Morgan fingerprint density at radius 2 is 1.77 bits per heavy atom. The van der Waals surface area contributed by atoms with Gasteiger partial charge in [0.25, 0.3) is 0 Å². The molecule has 8 heteroatoms. The number of amides is 2. The van der Waals surface area contributed by atoms with E-state index in [0.717, 1.165) is 11.3 Å². The number of hydrogen-bond donors (Lipinski definition) is 2. The number of esters is 1. The van der Waals surface area contributed by atoms with Gasteiger partial charge in [0.1, 0.15) is 5.75 Å². The Balaban J connectivity index is 1.90. The predicted molar refractivity (Wildman–Crippen MR) is 115 cm³/mol. The number of carbonyl (C=O) groups excluding carboxylic acids is 2. The number of methoxy groups -OCH3 is 2. The lowest BCUT2D eigenvalue weighted by Gasteiger charge is -2.27. The molecule has 0 aliphatic carbocycles. The van der Waals surface area contributed by atoms with Crippen molar-refractivity contribution in [1.29, 1.82) is 0 Å². The highest BCUT2D eigenvalue weighted by Crippen LogP contribution is 2.35. The lowest BCUT2D eigenvalue weighted by molar-refractivity contribution is -0.136. The molecule has 0 spiro atoms. The zero-order valence-electron chi connectivity index (χ0n) is 17.4. The fraction of sp³-hybridized carbons (Fsp3) is 0.174. The van der Waals surface area contributed by atoms with Crippen LogP contribution in [0.4, 0.5) is 4.79 Å². The minimum atomic E-state index is -0.726. The van der Waals surface area contributed by atoms with Crippen molar-refractivity contribution in [3.63, 3.8) is 0 Å². The topological polar surface area (TPSA) is 94.5 Å². The van der Waals surface area contributed by atoms with Crippen LogP contribution in [0, 0.1) is 0 Å². The van der Waals surface area contributed by atoms with Gasteiger partial charge in [-0.15, -0.1) is 0 Å². The second kappa shape index (κ2) is 8.35. The van der Waals surface area contributed by atoms with Crippen LogP contribution >= 0.6 is 0 Å². The fourth-order valence-corrected chi connectivity index (χ4v) is 3.59. The first-order valence-corrected chi connectivity index (χ1v) is 9.68. The molecule has 1 unspecified atom stereocenters. The van der Waals surface area contributed by atoms with Gasteiger partial charge >= 0.3 is 12.0 Å². The Morgan fingerprint density at radius 3 is 2.42 bits per heavy atom. The zero-order valence-corrected chi connectivity index (χ0v) is 17.4. The Labute approximate surface area is 179 Å². The summed E-state index contributed by atoms with van der Waals surface area (Å²) in [5, 5.41) is 10.3. The standard InChI is InChI=1S/C23H22N4O4/c1-14-19(22(28)31-3)21(25-23(29)24-14)18-13-27(16-7-5-4-6-8-16)26-20(18)15-9-11-17(30-2)12-10-15/h4-13,21H,1-3H3,(H2,24,25,29). The van der Waals surface area contributed by atoms with Crippen molar-refractivity contribution < 1.29 is 19.1 Å². The summed E-state index contributed by atoms with van der Waals surface area (Å²) >= 11 is 0. The molecule has 2 N–H and O–H groups in total. The molecule has 1 aromatic heterocycles. The highest BCUT2D eigenvalue weighted by molar-refractivity contribution is 5.95. The van der Waals surface area contributed by atoms with Crippen molar-refractivity contribution in [1.82, 2.24) is 20.4 Å². The average Bonchev–Trinajstić information content (AvgIpc) is 3.24. The molecule has 2 heterocycles. The van der Waals surface area contributed by atoms with E-state index in [9.17, 15) is 9.59 Å². The fourth-order valence-electron chi connectivity index (χ4n) is 3.59. The summed E-state index contributed by atoms with van der Waals surface area (Å²) in [6.07, 6.45) is 1.82. The number of nitrogens with zero attached hydrogens (tertiary/aromatic N) is 2. The van der Waals surface area contributed by atoms with E-state index >= 15 is 0 Å². The van der Waals surface area contributed by atoms with Crippen LogP contribution in [0.3, 0.4) is 0 Å². The highest BCUT2D eigenvalue weighted by atomic mass is 16.5. The molecule has 0 bridgehead atoms. The minimum Gasteiger partial charge on any atom is -0.497 e. The smallest absolute Gasteiger partial charge is 0.337 e. The van der Waals surface area contributed by atoms with E-state index in [1.54, 1.807) is 18.7 Å². The maximum Gasteiger partial charge on any atom is 0.337 e. The van der Waals surface area contributed by atoms with Gasteiger partial charge in [0, 0.05) is 23.0 Å². The van der Waals surface area contributed by atoms with Crippen molar-refractivity contribution in [3.05, 3.63) is 77.6 Å². The van der Waals surface area contributed by atoms with E-state index in [0.29, 0.717) is 28.3 Å². The van der Waals surface area contributed by atoms with Crippen LogP contribution in [-0.2, 0) is 9.53 Å². The molecular weight excluding hydrogens is 396 g/mol. The van der Waals surface area contributed by atoms with Crippen molar-refractivity contribution in [2.75, 3.05) is 14.2 Å². The van der Waals surface area contributed by atoms with E-state index in [-0.39, 0.29) is 0 Å². The normalized spacial score (nSPS) is 15.8. The number of carbonyl (C=O) groups is 2. The van der Waals surface area contributed by atoms with Crippen molar-refractivity contribution in [2.45, 2.75) is 13.0 Å². The molecule has 31 heavy (non-hydrogen) atoms. The van der Waals surface area contributed by atoms with Crippen molar-refractivity contribution in [3.8, 4) is 22.7 Å². The molecule has 8 nitrogen and oxygen atoms in total. The molecule has 1 atom stereocenters. The van der Waals surface area contributed by atoms with Crippen molar-refractivity contribution in [2.24, 2.45) is 0 Å². The quantitative estimate of drug-likeness (QED) is 0.620. The first-order valence-electron chi connectivity index (χ1n) is 9.68. The molecule has 2 amide bonds. The molecule has 0 saturated heterocycles. The third kappa shape index (κ3) is 3.87. The van der Waals surface area contributed by atoms with Crippen molar-refractivity contribution >= 4 is 12.0 Å². The summed E-state index contributed by atoms with van der Waals surface area (Å²) in [4.78, 5) is 24.8. The van der Waals surface area contributed by atoms with Crippen LogP contribution in [0.15, 0.2) is 72.1 Å². The maximum absolute atomic E-state index is 12.6. The van der Waals surface area contributed by atoms with Gasteiger partial charge < -0.3 is 20.1 Å². The summed E-state index contributed by atoms with van der Waals surface area (Å²) < 4.78 is 12.0. The van der Waals surface area contributed by atoms with Gasteiger partial charge in [-0.3, -0.25) is 0 Å². The van der Waals surface area contributed by atoms with Gasteiger partial charge in [-0.25, -0.2) is 14.3 Å². The summed E-state index contributed by atoms with van der Waals surface area (Å²) in [7, 11) is 2.92. The van der Waals surface area contributed by atoms with E-state index < -0.39 is 18.0 Å². The third-order valence-electron chi connectivity index (χ3n) is 5.11. The molecule has 158 valence electrons. The summed E-state index contributed by atoms with van der Waals surface area (Å²) in [5.41, 5.74) is 3.74. The van der Waals surface area contributed by atoms with Gasteiger partial charge in [-0.1, -0.05) is 18.2 Å². The van der Waals surface area contributed by atoms with E-state index in [2.05, 4.69) is 10.6 Å². The van der Waals surface area contributed by atoms with Crippen LogP contribution in [0.5, 0.6) is 5.75 Å². The lowest BCUT2D eigenvalue weighted by Crippen LogP contribution is -2.45. The molecule has 0 saturated carbocycles. The monoisotopic (exact) mass is 418 g/mol. The van der Waals surface area contributed by atoms with Gasteiger partial charge in [0.2, 0.25) is 0 Å². The minimum absolute atomic E-state index is 0.324. The second-order valence-electron chi connectivity index (χ2n) is 7.00. The van der Waals surface area contributed by atoms with Crippen LogP contribution < -0.4 is 15.4 Å². The SMILES string of the molecule is COC(=O)C1=C(C)NC(=O)NC1c1cn(-c2ccccc2)nc1-c1ccc(OC)cc1. The molecule has 1 aliphatic rings. The third-order valence-corrected chi connectivity index (χ3v) is 5.11. The number of aromatic nitrogens is 2. The Kier molecular flexibility index (Phi) is 5.44. The van der Waals surface area contributed by atoms with Gasteiger partial charge in [0.05, 0.1) is 37.2 Å². The number of rotatable bonds is 5. The van der Waals surface area contributed by atoms with Gasteiger partial charge in [-0.05, 0) is 43.3 Å². The van der Waals surface area contributed by atoms with E-state index in [1.807, 2.05) is 60.8 Å². The lowest BCUT2D eigenvalue weighted by atomic mass is 9.94. The van der Waals surface area contributed by atoms with Crippen LogP contribution in [-0.4, -0.2) is 36.0 Å². The van der Waals surface area contributed by atoms with Gasteiger partial charge in [0.15, 0.2) is 0 Å². The number of hydrogen-bond acceptors (Lipinski definition) is 5. The zero-order chi connectivity index (χ0) is 22.0. The Hall–Kier alpha value is -4.07. The first-order chi connectivity index (χ1) is 15.0. The molecule has 0 radical (unpaired) electrons. The number of allylic oxidation sites excluding steroid dienone is 1. The number of ether oxygens (including phenoxy) is 2. The Bertz CT molecular complexity index is 1150.